The first-order valence-electron chi connectivity index (χ1n) is 19.5. The highest BCUT2D eigenvalue weighted by Gasteiger charge is 2.40. The Balaban J connectivity index is 0.985. The summed E-state index contributed by atoms with van der Waals surface area (Å²) in [6, 6.07) is 72.3. The number of benzene rings is 8. The van der Waals surface area contributed by atoms with E-state index in [0.717, 1.165) is 33.6 Å². The van der Waals surface area contributed by atoms with Gasteiger partial charge in [0.25, 0.3) is 0 Å². The Bertz CT molecular complexity index is 3130. The molecule has 0 bridgehead atoms. The zero-order chi connectivity index (χ0) is 37.9. The van der Waals surface area contributed by atoms with E-state index in [1.54, 1.807) is 0 Å². The summed E-state index contributed by atoms with van der Waals surface area (Å²) >= 11 is 1.86. The van der Waals surface area contributed by atoms with Gasteiger partial charge >= 0.3 is 0 Å². The van der Waals surface area contributed by atoms with E-state index in [0.29, 0.717) is 5.82 Å². The van der Waals surface area contributed by atoms with Gasteiger partial charge in [-0.1, -0.05) is 164 Å². The third-order valence-electron chi connectivity index (χ3n) is 11.8. The molecule has 1 unspecified atom stereocenters. The monoisotopic (exact) mass is 744 g/mol. The molecule has 11 rings (SSSR count). The first-order valence-corrected chi connectivity index (χ1v) is 20.3. The summed E-state index contributed by atoms with van der Waals surface area (Å²) in [4.78, 5) is 10.4. The fraction of sp³-hybridized carbons (Fsp3) is 0.0370. The normalized spacial score (nSPS) is 14.5. The molecule has 57 heavy (non-hydrogen) atoms. The summed E-state index contributed by atoms with van der Waals surface area (Å²) < 4.78 is 2.65. The number of nitrogens with zero attached hydrogens (tertiary/aromatic N) is 2. The van der Waals surface area contributed by atoms with Crippen LogP contribution in [0, 0.1) is 0 Å². The summed E-state index contributed by atoms with van der Waals surface area (Å²) in [5.74, 6) is 0.711. The molecular formula is C54H36N2S. The minimum absolute atomic E-state index is 0.295. The molecule has 0 aliphatic heterocycles. The first-order chi connectivity index (χ1) is 28.1. The molecule has 3 heteroatoms. The number of thiophene rings is 1. The van der Waals surface area contributed by atoms with Gasteiger partial charge in [0.05, 0.1) is 11.4 Å². The van der Waals surface area contributed by atoms with Crippen LogP contribution in [0.3, 0.4) is 0 Å². The molecule has 0 N–H and O–H groups in total. The van der Waals surface area contributed by atoms with Crippen LogP contribution >= 0.6 is 11.3 Å². The Hall–Kier alpha value is -6.94. The van der Waals surface area contributed by atoms with Gasteiger partial charge in [0.1, 0.15) is 0 Å². The predicted molar refractivity (Wildman–Crippen MR) is 240 cm³/mol. The van der Waals surface area contributed by atoms with E-state index < -0.39 is 0 Å². The lowest BCUT2D eigenvalue weighted by molar-refractivity contribution is 0.714. The highest BCUT2D eigenvalue weighted by molar-refractivity contribution is 7.25. The average molecular weight is 745 g/mol. The number of hydrogen-bond acceptors (Lipinski definition) is 3. The van der Waals surface area contributed by atoms with Gasteiger partial charge in [0, 0.05) is 42.3 Å². The SMILES string of the molecule is CC1(c2ccccc2)c2ccccc2-c2ccc(-c3cc(-c4cccc(-c5ccc(-c6ccc7sc8ccccc8c7c6)cc5)c4)nc(-c4ccccc4)n3)cc21. The largest absolute Gasteiger partial charge is 0.228 e. The summed E-state index contributed by atoms with van der Waals surface area (Å²) in [6.07, 6.45) is 0. The van der Waals surface area contributed by atoms with Gasteiger partial charge in [0.15, 0.2) is 5.82 Å². The molecule has 2 heterocycles. The maximum absolute atomic E-state index is 5.24. The average Bonchev–Trinajstić information content (AvgIpc) is 3.79. The molecule has 1 aliphatic rings. The first kappa shape index (κ1) is 33.4. The molecule has 1 aliphatic carbocycles. The number of aromatic nitrogens is 2. The zero-order valence-corrected chi connectivity index (χ0v) is 32.2. The van der Waals surface area contributed by atoms with Crippen molar-refractivity contribution in [2.45, 2.75) is 12.3 Å². The van der Waals surface area contributed by atoms with Gasteiger partial charge in [-0.2, -0.15) is 0 Å². The van der Waals surface area contributed by atoms with Gasteiger partial charge in [-0.25, -0.2) is 9.97 Å². The molecule has 0 radical (unpaired) electrons. The molecule has 2 nitrogen and oxygen atoms in total. The second kappa shape index (κ2) is 13.4. The molecule has 0 saturated heterocycles. The fourth-order valence-corrected chi connectivity index (χ4v) is 9.90. The Labute approximate surface area is 336 Å². The lowest BCUT2D eigenvalue weighted by atomic mass is 9.74. The van der Waals surface area contributed by atoms with E-state index >= 15 is 0 Å². The van der Waals surface area contributed by atoms with Crippen LogP contribution < -0.4 is 0 Å². The third-order valence-corrected chi connectivity index (χ3v) is 13.0. The second-order valence-corrected chi connectivity index (χ2v) is 16.2. The predicted octanol–water partition coefficient (Wildman–Crippen LogP) is 14.5. The second-order valence-electron chi connectivity index (χ2n) is 15.1. The van der Waals surface area contributed by atoms with Gasteiger partial charge in [0.2, 0.25) is 0 Å². The molecule has 2 aromatic heterocycles. The summed E-state index contributed by atoms with van der Waals surface area (Å²) in [5, 5.41) is 2.64. The maximum atomic E-state index is 5.24. The van der Waals surface area contributed by atoms with E-state index in [4.69, 9.17) is 9.97 Å². The lowest BCUT2D eigenvalue weighted by Gasteiger charge is -2.28. The van der Waals surface area contributed by atoms with Gasteiger partial charge in [-0.05, 0) is 93.4 Å². The topological polar surface area (TPSA) is 25.8 Å². The molecule has 0 amide bonds. The van der Waals surface area contributed by atoms with E-state index in [1.165, 1.54) is 64.7 Å². The van der Waals surface area contributed by atoms with Crippen molar-refractivity contribution in [3.05, 3.63) is 217 Å². The molecular weight excluding hydrogens is 709 g/mol. The van der Waals surface area contributed by atoms with Crippen LogP contribution in [0.15, 0.2) is 200 Å². The Morgan fingerprint density at radius 1 is 0.368 bits per heavy atom. The smallest absolute Gasteiger partial charge is 0.160 e. The number of rotatable bonds is 6. The lowest BCUT2D eigenvalue weighted by Crippen LogP contribution is -2.22. The Kier molecular flexibility index (Phi) is 7.84. The highest BCUT2D eigenvalue weighted by Crippen LogP contribution is 2.53. The Morgan fingerprint density at radius 2 is 0.930 bits per heavy atom. The molecule has 0 spiro atoms. The van der Waals surface area contributed by atoms with Crippen molar-refractivity contribution in [1.82, 2.24) is 9.97 Å². The van der Waals surface area contributed by atoms with Crippen molar-refractivity contribution in [2.24, 2.45) is 0 Å². The van der Waals surface area contributed by atoms with Crippen molar-refractivity contribution < 1.29 is 0 Å². The van der Waals surface area contributed by atoms with Crippen molar-refractivity contribution in [3.8, 4) is 67.3 Å². The highest BCUT2D eigenvalue weighted by atomic mass is 32.1. The molecule has 0 saturated carbocycles. The molecule has 0 fully saturated rings. The van der Waals surface area contributed by atoms with Crippen LogP contribution in [0.1, 0.15) is 23.6 Å². The Morgan fingerprint density at radius 3 is 1.72 bits per heavy atom. The van der Waals surface area contributed by atoms with Gasteiger partial charge in [-0.3, -0.25) is 0 Å². The van der Waals surface area contributed by atoms with Crippen molar-refractivity contribution in [3.63, 3.8) is 0 Å². The van der Waals surface area contributed by atoms with Crippen molar-refractivity contribution in [2.75, 3.05) is 0 Å². The van der Waals surface area contributed by atoms with Gasteiger partial charge < -0.3 is 0 Å². The molecule has 268 valence electrons. The van der Waals surface area contributed by atoms with E-state index in [1.807, 2.05) is 29.5 Å². The van der Waals surface area contributed by atoms with Crippen LogP contribution in [0.5, 0.6) is 0 Å². The number of hydrogen-bond donors (Lipinski definition) is 0. The summed E-state index contributed by atoms with van der Waals surface area (Å²) in [5.41, 5.74) is 15.8. The summed E-state index contributed by atoms with van der Waals surface area (Å²) in [7, 11) is 0. The number of fused-ring (bicyclic) bond motifs is 6. The third kappa shape index (κ3) is 5.62. The van der Waals surface area contributed by atoms with E-state index in [-0.39, 0.29) is 5.41 Å². The quantitative estimate of drug-likeness (QED) is 0.169. The van der Waals surface area contributed by atoms with E-state index in [9.17, 15) is 0 Å². The van der Waals surface area contributed by atoms with E-state index in [2.05, 4.69) is 189 Å². The summed E-state index contributed by atoms with van der Waals surface area (Å²) in [6.45, 7) is 2.36. The molecule has 8 aromatic carbocycles. The van der Waals surface area contributed by atoms with Crippen LogP contribution in [-0.2, 0) is 5.41 Å². The fourth-order valence-electron chi connectivity index (χ4n) is 8.81. The van der Waals surface area contributed by atoms with Crippen LogP contribution in [0.25, 0.3) is 87.5 Å². The molecule has 1 atom stereocenters. The van der Waals surface area contributed by atoms with Crippen molar-refractivity contribution in [1.29, 1.82) is 0 Å². The van der Waals surface area contributed by atoms with Crippen LogP contribution in [0.2, 0.25) is 0 Å². The standard InChI is InChI=1S/C54H36N2S/c1-54(42-17-6-3-7-18-42)47-21-10-8-19-43(47)44-29-27-41(33-48(44)54)50-34-49(55-53(56-50)37-13-4-2-5-14-37)40-16-12-15-38(31-40)35-23-25-36(26-24-35)39-28-30-52-46(32-39)45-20-9-11-22-51(45)57-52/h2-34H,1H3. The van der Waals surface area contributed by atoms with Crippen LogP contribution in [-0.4, -0.2) is 9.97 Å². The minimum Gasteiger partial charge on any atom is -0.228 e. The minimum atomic E-state index is -0.295. The van der Waals surface area contributed by atoms with Crippen molar-refractivity contribution >= 4 is 31.5 Å². The zero-order valence-electron chi connectivity index (χ0n) is 31.4. The maximum Gasteiger partial charge on any atom is 0.160 e. The van der Waals surface area contributed by atoms with Gasteiger partial charge in [-0.15, -0.1) is 11.3 Å². The molecule has 10 aromatic rings. The van der Waals surface area contributed by atoms with Crippen LogP contribution in [0.4, 0.5) is 0 Å².